The third-order valence-corrected chi connectivity index (χ3v) is 1.23. The number of carbonyl (C=O) groups excluding carboxylic acids is 2. The molecule has 0 spiro atoms. The standard InChI is InChI=1S/C8H8O5/c1-3-6(9)12-8(5-11-8)13-7(10)4-2/h3-4H,1-2,5H2. The highest BCUT2D eigenvalue weighted by Gasteiger charge is 2.54. The van der Waals surface area contributed by atoms with Crippen LogP contribution in [0.25, 0.3) is 0 Å². The van der Waals surface area contributed by atoms with E-state index >= 15 is 0 Å². The van der Waals surface area contributed by atoms with E-state index in [0.717, 1.165) is 12.2 Å². The Morgan fingerprint density at radius 3 is 1.85 bits per heavy atom. The highest BCUT2D eigenvalue weighted by Crippen LogP contribution is 2.30. The summed E-state index contributed by atoms with van der Waals surface area (Å²) in [5, 5.41) is 0. The van der Waals surface area contributed by atoms with E-state index in [4.69, 9.17) is 0 Å². The molecule has 1 heterocycles. The van der Waals surface area contributed by atoms with Gasteiger partial charge in [-0.15, -0.1) is 0 Å². The Balaban J connectivity index is 2.47. The van der Waals surface area contributed by atoms with Crippen molar-refractivity contribution >= 4 is 11.9 Å². The van der Waals surface area contributed by atoms with E-state index in [-0.39, 0.29) is 6.61 Å². The number of epoxide rings is 1. The lowest BCUT2D eigenvalue weighted by Gasteiger charge is -2.10. The Kier molecular flexibility index (Phi) is 2.48. The smallest absolute Gasteiger partial charge is 0.393 e. The molecular weight excluding hydrogens is 176 g/mol. The fourth-order valence-corrected chi connectivity index (χ4v) is 0.587. The quantitative estimate of drug-likeness (QED) is 0.269. The summed E-state index contributed by atoms with van der Waals surface area (Å²) in [4.78, 5) is 21.4. The highest BCUT2D eigenvalue weighted by atomic mass is 17.0. The molecule has 5 nitrogen and oxygen atoms in total. The summed E-state index contributed by atoms with van der Waals surface area (Å²) in [6.45, 7) is 6.40. The van der Waals surface area contributed by atoms with Crippen LogP contribution in [0, 0.1) is 0 Å². The summed E-state index contributed by atoms with van der Waals surface area (Å²) < 4.78 is 13.9. The van der Waals surface area contributed by atoms with Crippen molar-refractivity contribution in [1.29, 1.82) is 0 Å². The van der Waals surface area contributed by atoms with Crippen molar-refractivity contribution in [2.24, 2.45) is 0 Å². The van der Waals surface area contributed by atoms with Gasteiger partial charge < -0.3 is 9.47 Å². The lowest BCUT2D eigenvalue weighted by Crippen LogP contribution is -2.26. The Morgan fingerprint density at radius 2 is 1.62 bits per heavy atom. The third kappa shape index (κ3) is 2.41. The average molecular weight is 184 g/mol. The van der Waals surface area contributed by atoms with Crippen LogP contribution in [-0.2, 0) is 23.8 Å². The molecule has 0 amide bonds. The molecule has 0 aromatic carbocycles. The van der Waals surface area contributed by atoms with Gasteiger partial charge >= 0.3 is 17.9 Å². The van der Waals surface area contributed by atoms with Crippen molar-refractivity contribution in [3.63, 3.8) is 0 Å². The summed E-state index contributed by atoms with van der Waals surface area (Å²) in [5.41, 5.74) is 0. The second kappa shape index (κ2) is 3.40. The van der Waals surface area contributed by atoms with Crippen molar-refractivity contribution in [2.45, 2.75) is 5.97 Å². The number of rotatable bonds is 4. The van der Waals surface area contributed by atoms with Gasteiger partial charge in [0.2, 0.25) is 0 Å². The lowest BCUT2D eigenvalue weighted by molar-refractivity contribution is -0.216. The number of carbonyl (C=O) groups is 2. The average Bonchev–Trinajstić information content (AvgIpc) is 2.84. The molecule has 0 aromatic rings. The lowest BCUT2D eigenvalue weighted by atomic mass is 10.6. The predicted octanol–water partition coefficient (Wildman–Crippen LogP) is 0.129. The molecule has 1 fully saturated rings. The fourth-order valence-electron chi connectivity index (χ4n) is 0.587. The van der Waals surface area contributed by atoms with E-state index in [9.17, 15) is 9.59 Å². The van der Waals surface area contributed by atoms with Gasteiger partial charge in [0.25, 0.3) is 0 Å². The van der Waals surface area contributed by atoms with Gasteiger partial charge in [-0.05, 0) is 0 Å². The summed E-state index contributed by atoms with van der Waals surface area (Å²) >= 11 is 0. The Morgan fingerprint density at radius 1 is 1.23 bits per heavy atom. The Hall–Kier alpha value is -1.62. The molecule has 0 bridgehead atoms. The first-order chi connectivity index (χ1) is 6.12. The van der Waals surface area contributed by atoms with Crippen LogP contribution >= 0.6 is 0 Å². The minimum absolute atomic E-state index is 0.0339. The summed E-state index contributed by atoms with van der Waals surface area (Å²) in [7, 11) is 0. The zero-order valence-corrected chi connectivity index (χ0v) is 6.82. The number of hydrogen-bond acceptors (Lipinski definition) is 5. The number of esters is 2. The zero-order valence-electron chi connectivity index (χ0n) is 6.82. The molecule has 1 aliphatic rings. The predicted molar refractivity (Wildman–Crippen MR) is 41.3 cm³/mol. The minimum atomic E-state index is -1.55. The van der Waals surface area contributed by atoms with Gasteiger partial charge in [-0.25, -0.2) is 9.59 Å². The fraction of sp³-hybridized carbons (Fsp3) is 0.250. The topological polar surface area (TPSA) is 65.1 Å². The van der Waals surface area contributed by atoms with Gasteiger partial charge in [-0.2, -0.15) is 0 Å². The number of ether oxygens (including phenoxy) is 3. The highest BCUT2D eigenvalue weighted by molar-refractivity contribution is 5.83. The van der Waals surface area contributed by atoms with Crippen LogP contribution in [0.1, 0.15) is 0 Å². The zero-order chi connectivity index (χ0) is 9.90. The molecule has 1 aliphatic heterocycles. The molecule has 13 heavy (non-hydrogen) atoms. The first kappa shape index (κ1) is 9.47. The van der Waals surface area contributed by atoms with Crippen LogP contribution in [0.2, 0.25) is 0 Å². The van der Waals surface area contributed by atoms with Gasteiger partial charge in [0.05, 0.1) is 0 Å². The Bertz CT molecular complexity index is 240. The SMILES string of the molecule is C=CC(=O)OC1(OC(=O)C=C)CO1. The molecule has 0 aromatic heterocycles. The molecule has 0 N–H and O–H groups in total. The van der Waals surface area contributed by atoms with Crippen LogP contribution in [0.15, 0.2) is 25.3 Å². The van der Waals surface area contributed by atoms with Crippen molar-refractivity contribution in [3.8, 4) is 0 Å². The van der Waals surface area contributed by atoms with E-state index in [1.54, 1.807) is 0 Å². The molecule has 0 atom stereocenters. The molecule has 0 aliphatic carbocycles. The summed E-state index contributed by atoms with van der Waals surface area (Å²) in [5.74, 6) is -2.97. The van der Waals surface area contributed by atoms with Crippen molar-refractivity contribution in [1.82, 2.24) is 0 Å². The van der Waals surface area contributed by atoms with E-state index in [0.29, 0.717) is 0 Å². The van der Waals surface area contributed by atoms with Gasteiger partial charge in [0, 0.05) is 12.2 Å². The molecule has 0 unspecified atom stereocenters. The van der Waals surface area contributed by atoms with Crippen LogP contribution in [0.5, 0.6) is 0 Å². The van der Waals surface area contributed by atoms with Crippen molar-refractivity contribution in [2.75, 3.05) is 6.61 Å². The van der Waals surface area contributed by atoms with E-state index < -0.39 is 17.9 Å². The van der Waals surface area contributed by atoms with Crippen molar-refractivity contribution < 1.29 is 23.8 Å². The van der Waals surface area contributed by atoms with E-state index in [2.05, 4.69) is 27.4 Å². The van der Waals surface area contributed by atoms with E-state index in [1.165, 1.54) is 0 Å². The Labute approximate surface area is 74.6 Å². The molecule has 0 saturated carbocycles. The molecule has 5 heteroatoms. The molecule has 0 radical (unpaired) electrons. The monoisotopic (exact) mass is 184 g/mol. The van der Waals surface area contributed by atoms with E-state index in [1.807, 2.05) is 0 Å². The molecule has 1 rings (SSSR count). The molecule has 70 valence electrons. The first-order valence-corrected chi connectivity index (χ1v) is 3.46. The van der Waals surface area contributed by atoms with Gasteiger partial charge in [0.1, 0.15) is 0 Å². The maximum absolute atomic E-state index is 10.7. The second-order valence-corrected chi connectivity index (χ2v) is 2.22. The maximum atomic E-state index is 10.7. The van der Waals surface area contributed by atoms with Gasteiger partial charge in [0.15, 0.2) is 6.61 Å². The summed E-state index contributed by atoms with van der Waals surface area (Å²) in [6, 6.07) is 0. The molecular formula is C8H8O5. The first-order valence-electron chi connectivity index (χ1n) is 3.46. The van der Waals surface area contributed by atoms with Crippen LogP contribution < -0.4 is 0 Å². The van der Waals surface area contributed by atoms with Crippen LogP contribution in [0.3, 0.4) is 0 Å². The van der Waals surface area contributed by atoms with Gasteiger partial charge in [-0.1, -0.05) is 13.2 Å². The normalized spacial score (nSPS) is 16.9. The van der Waals surface area contributed by atoms with Gasteiger partial charge in [-0.3, -0.25) is 4.74 Å². The number of hydrogen-bond donors (Lipinski definition) is 0. The largest absolute Gasteiger partial charge is 0.402 e. The van der Waals surface area contributed by atoms with Crippen LogP contribution in [-0.4, -0.2) is 24.5 Å². The summed E-state index contributed by atoms with van der Waals surface area (Å²) in [6.07, 6.45) is 1.90. The molecule has 1 saturated heterocycles. The maximum Gasteiger partial charge on any atom is 0.402 e. The van der Waals surface area contributed by atoms with Crippen LogP contribution in [0.4, 0.5) is 0 Å². The van der Waals surface area contributed by atoms with Crippen molar-refractivity contribution in [3.05, 3.63) is 25.3 Å². The minimum Gasteiger partial charge on any atom is -0.393 e. The second-order valence-electron chi connectivity index (χ2n) is 2.22. The third-order valence-electron chi connectivity index (χ3n) is 1.23.